The van der Waals surface area contributed by atoms with Crippen LogP contribution in [0.25, 0.3) is 0 Å². The van der Waals surface area contributed by atoms with Gasteiger partial charge in [0.05, 0.1) is 10.9 Å². The quantitative estimate of drug-likeness (QED) is 0.862. The highest BCUT2D eigenvalue weighted by atomic mass is 35.5. The smallest absolute Gasteiger partial charge is 0.316 e. The first kappa shape index (κ1) is 14.9. The molecule has 1 fully saturated rings. The number of hydrogen-bond donors (Lipinski definition) is 1. The number of thioether (sulfide) groups is 1. The molecule has 2 amide bonds. The number of amides is 2. The Balaban J connectivity index is 2.19. The third-order valence-corrected chi connectivity index (χ3v) is 4.43. The second kappa shape index (κ2) is 5.85. The summed E-state index contributed by atoms with van der Waals surface area (Å²) in [4.78, 5) is 36.1. The minimum atomic E-state index is -1.00. The van der Waals surface area contributed by atoms with Gasteiger partial charge in [0, 0.05) is 11.4 Å². The average Bonchev–Trinajstić information content (AvgIpc) is 2.64. The molecule has 0 saturated carbocycles. The zero-order valence-corrected chi connectivity index (χ0v) is 12.1. The van der Waals surface area contributed by atoms with E-state index in [1.54, 1.807) is 18.2 Å². The second-order valence-corrected chi connectivity index (χ2v) is 6.34. The van der Waals surface area contributed by atoms with Crippen LogP contribution in [0.4, 0.5) is 5.69 Å². The predicted octanol–water partition coefficient (Wildman–Crippen LogP) is 2.18. The van der Waals surface area contributed by atoms with Crippen molar-refractivity contribution in [3.8, 4) is 0 Å². The fourth-order valence-electron chi connectivity index (χ4n) is 1.90. The van der Waals surface area contributed by atoms with Crippen LogP contribution < -0.4 is 4.90 Å². The molecule has 7 heteroatoms. The number of halogens is 1. The lowest BCUT2D eigenvalue weighted by molar-refractivity contribution is -0.136. The Morgan fingerprint density at radius 1 is 1.50 bits per heavy atom. The number of imide groups is 1. The maximum Gasteiger partial charge on any atom is 0.316 e. The van der Waals surface area contributed by atoms with Crippen LogP contribution in [-0.2, 0) is 14.4 Å². The molecule has 0 aromatic heterocycles. The third kappa shape index (κ3) is 2.96. The molecule has 1 aromatic carbocycles. The van der Waals surface area contributed by atoms with Crippen molar-refractivity contribution in [3.05, 3.63) is 29.3 Å². The number of anilines is 1. The summed E-state index contributed by atoms with van der Waals surface area (Å²) in [5, 5.41) is 7.90. The van der Waals surface area contributed by atoms with Crippen LogP contribution in [0.15, 0.2) is 24.3 Å². The van der Waals surface area contributed by atoms with Gasteiger partial charge in [-0.15, -0.1) is 11.8 Å². The van der Waals surface area contributed by atoms with E-state index < -0.39 is 22.4 Å². The first-order valence-corrected chi connectivity index (χ1v) is 7.23. The molecule has 0 bridgehead atoms. The van der Waals surface area contributed by atoms with E-state index in [0.29, 0.717) is 10.7 Å². The average molecular weight is 314 g/mol. The summed E-state index contributed by atoms with van der Waals surface area (Å²) in [7, 11) is 0. The molecule has 2 unspecified atom stereocenters. The largest absolute Gasteiger partial charge is 0.480 e. The van der Waals surface area contributed by atoms with Gasteiger partial charge in [0.2, 0.25) is 11.8 Å². The van der Waals surface area contributed by atoms with Crippen molar-refractivity contribution >= 4 is 46.8 Å². The molecule has 1 aliphatic heterocycles. The number of nitrogens with zero attached hydrogens (tertiary/aromatic N) is 1. The van der Waals surface area contributed by atoms with Crippen LogP contribution in [0.5, 0.6) is 0 Å². The molecule has 5 nitrogen and oxygen atoms in total. The lowest BCUT2D eigenvalue weighted by Gasteiger charge is -2.15. The predicted molar refractivity (Wildman–Crippen MR) is 77.0 cm³/mol. The SMILES string of the molecule is CC(SC1CC(=O)N(c2cccc(Cl)c2)C1=O)C(=O)O. The number of carboxylic acids is 1. The minimum absolute atomic E-state index is 0.00757. The second-order valence-electron chi connectivity index (χ2n) is 4.36. The van der Waals surface area contributed by atoms with Crippen LogP contribution in [0.2, 0.25) is 5.02 Å². The van der Waals surface area contributed by atoms with Crippen molar-refractivity contribution in [2.24, 2.45) is 0 Å². The van der Waals surface area contributed by atoms with Crippen LogP contribution in [-0.4, -0.2) is 33.4 Å². The molecule has 1 aliphatic rings. The number of hydrogen-bond acceptors (Lipinski definition) is 4. The highest BCUT2D eigenvalue weighted by molar-refractivity contribution is 8.01. The number of carbonyl (C=O) groups is 3. The molecular weight excluding hydrogens is 302 g/mol. The maximum absolute atomic E-state index is 12.2. The fourth-order valence-corrected chi connectivity index (χ4v) is 3.16. The molecule has 1 saturated heterocycles. The molecular formula is C13H12ClNO4S. The van der Waals surface area contributed by atoms with Crippen molar-refractivity contribution in [1.82, 2.24) is 0 Å². The first-order chi connectivity index (χ1) is 9.40. The summed E-state index contributed by atoms with van der Waals surface area (Å²) < 4.78 is 0. The van der Waals surface area contributed by atoms with Crippen molar-refractivity contribution < 1.29 is 19.5 Å². The van der Waals surface area contributed by atoms with Gasteiger partial charge in [-0.3, -0.25) is 14.4 Å². The Labute approximate surface area is 124 Å². The molecule has 0 spiro atoms. The molecule has 0 radical (unpaired) electrons. The Hall–Kier alpha value is -1.53. The third-order valence-electron chi connectivity index (χ3n) is 2.89. The Morgan fingerprint density at radius 2 is 2.20 bits per heavy atom. The zero-order valence-electron chi connectivity index (χ0n) is 10.6. The Morgan fingerprint density at radius 3 is 2.80 bits per heavy atom. The molecule has 1 heterocycles. The summed E-state index contributed by atoms with van der Waals surface area (Å²) in [5.41, 5.74) is 0.415. The number of rotatable bonds is 4. The van der Waals surface area contributed by atoms with Crippen molar-refractivity contribution in [1.29, 1.82) is 0 Å². The van der Waals surface area contributed by atoms with E-state index in [2.05, 4.69) is 0 Å². The van der Waals surface area contributed by atoms with Crippen molar-refractivity contribution in [2.75, 3.05) is 4.90 Å². The number of aliphatic carboxylic acids is 1. The normalized spacial score (nSPS) is 20.3. The minimum Gasteiger partial charge on any atom is -0.480 e. The highest BCUT2D eigenvalue weighted by Gasteiger charge is 2.41. The number of carbonyl (C=O) groups excluding carboxylic acids is 2. The topological polar surface area (TPSA) is 74.7 Å². The van der Waals surface area contributed by atoms with Crippen LogP contribution in [0.1, 0.15) is 13.3 Å². The summed E-state index contributed by atoms with van der Waals surface area (Å²) >= 11 is 6.83. The van der Waals surface area contributed by atoms with Gasteiger partial charge in [-0.05, 0) is 25.1 Å². The Kier molecular flexibility index (Phi) is 4.35. The molecule has 106 valence electrons. The van der Waals surface area contributed by atoms with Crippen molar-refractivity contribution in [2.45, 2.75) is 23.8 Å². The molecule has 2 rings (SSSR count). The van der Waals surface area contributed by atoms with Crippen LogP contribution in [0.3, 0.4) is 0 Å². The molecule has 1 aromatic rings. The van der Waals surface area contributed by atoms with Gasteiger partial charge in [-0.1, -0.05) is 17.7 Å². The molecule has 2 atom stereocenters. The van der Waals surface area contributed by atoms with Gasteiger partial charge in [0.1, 0.15) is 5.25 Å². The van der Waals surface area contributed by atoms with E-state index in [0.717, 1.165) is 16.7 Å². The number of benzene rings is 1. The van der Waals surface area contributed by atoms with E-state index >= 15 is 0 Å². The van der Waals surface area contributed by atoms with Crippen LogP contribution in [0, 0.1) is 0 Å². The molecule has 0 aliphatic carbocycles. The lowest BCUT2D eigenvalue weighted by atomic mass is 10.3. The van der Waals surface area contributed by atoms with Gasteiger partial charge < -0.3 is 5.11 Å². The van der Waals surface area contributed by atoms with Gasteiger partial charge in [0.25, 0.3) is 0 Å². The Bertz CT molecular complexity index is 577. The fraction of sp³-hybridized carbons (Fsp3) is 0.308. The first-order valence-electron chi connectivity index (χ1n) is 5.91. The summed E-state index contributed by atoms with van der Waals surface area (Å²) in [6, 6.07) is 6.45. The van der Waals surface area contributed by atoms with Gasteiger partial charge in [-0.2, -0.15) is 0 Å². The summed E-state index contributed by atoms with van der Waals surface area (Å²) in [5.74, 6) is -1.74. The van der Waals surface area contributed by atoms with E-state index in [1.807, 2.05) is 0 Å². The summed E-state index contributed by atoms with van der Waals surface area (Å²) in [6.07, 6.45) is 0.00757. The van der Waals surface area contributed by atoms with Gasteiger partial charge in [0.15, 0.2) is 0 Å². The van der Waals surface area contributed by atoms with Crippen LogP contribution >= 0.6 is 23.4 Å². The zero-order chi connectivity index (χ0) is 14.9. The highest BCUT2D eigenvalue weighted by Crippen LogP contribution is 2.32. The van der Waals surface area contributed by atoms with Gasteiger partial charge >= 0.3 is 5.97 Å². The van der Waals surface area contributed by atoms with E-state index in [4.69, 9.17) is 16.7 Å². The van der Waals surface area contributed by atoms with Crippen molar-refractivity contribution in [3.63, 3.8) is 0 Å². The number of carboxylic acid groups (broad SMARTS) is 1. The van der Waals surface area contributed by atoms with E-state index in [-0.39, 0.29) is 12.3 Å². The molecule has 20 heavy (non-hydrogen) atoms. The van der Waals surface area contributed by atoms with E-state index in [9.17, 15) is 14.4 Å². The van der Waals surface area contributed by atoms with E-state index in [1.165, 1.54) is 13.0 Å². The molecule has 1 N–H and O–H groups in total. The maximum atomic E-state index is 12.2. The standard InChI is InChI=1S/C13H12ClNO4S/c1-7(13(18)19)20-10-6-11(16)15(12(10)17)9-4-2-3-8(14)5-9/h2-5,7,10H,6H2,1H3,(H,18,19). The van der Waals surface area contributed by atoms with Gasteiger partial charge in [-0.25, -0.2) is 4.90 Å². The monoisotopic (exact) mass is 313 g/mol. The lowest BCUT2D eigenvalue weighted by Crippen LogP contribution is -2.31. The summed E-state index contributed by atoms with van der Waals surface area (Å²) in [6.45, 7) is 1.49.